The molecular weight excluding hydrogens is 254 g/mol. The Hall–Kier alpha value is -1.63. The summed E-state index contributed by atoms with van der Waals surface area (Å²) in [5, 5.41) is 2.68. The van der Waals surface area contributed by atoms with Crippen molar-refractivity contribution in [2.24, 2.45) is 0 Å². The Morgan fingerprint density at radius 2 is 2.22 bits per heavy atom. The van der Waals surface area contributed by atoms with E-state index in [0.29, 0.717) is 12.8 Å². The van der Waals surface area contributed by atoms with Gasteiger partial charge < -0.3 is 11.1 Å². The van der Waals surface area contributed by atoms with Crippen molar-refractivity contribution in [3.63, 3.8) is 0 Å². The minimum absolute atomic E-state index is 0.00105. The van der Waals surface area contributed by atoms with Crippen LogP contribution in [0.5, 0.6) is 0 Å². The molecule has 1 saturated heterocycles. The van der Waals surface area contributed by atoms with Crippen molar-refractivity contribution < 1.29 is 13.2 Å². The maximum Gasteiger partial charge on any atom is 0.270 e. The van der Waals surface area contributed by atoms with Crippen LogP contribution in [-0.4, -0.2) is 36.9 Å². The number of nitrogens with two attached hydrogens (primary N) is 1. The Kier molecular flexibility index (Phi) is 3.51. The quantitative estimate of drug-likeness (QED) is 0.785. The largest absolute Gasteiger partial charge is 0.384 e. The number of nitrogens with one attached hydrogen (secondary N) is 1. The van der Waals surface area contributed by atoms with E-state index in [4.69, 9.17) is 5.73 Å². The SMILES string of the molecule is Nc1cccc(C(=O)NC2CCCS(=O)(=O)C2)n1. The number of pyridine rings is 1. The first-order valence-corrected chi connectivity index (χ1v) is 7.52. The first kappa shape index (κ1) is 12.8. The molecule has 7 heteroatoms. The van der Waals surface area contributed by atoms with E-state index in [0.717, 1.165) is 0 Å². The van der Waals surface area contributed by atoms with E-state index in [1.165, 1.54) is 0 Å². The summed E-state index contributed by atoms with van der Waals surface area (Å²) in [4.78, 5) is 15.7. The molecule has 6 nitrogen and oxygen atoms in total. The molecule has 1 fully saturated rings. The van der Waals surface area contributed by atoms with Crippen LogP contribution in [-0.2, 0) is 9.84 Å². The normalized spacial score (nSPS) is 22.3. The van der Waals surface area contributed by atoms with Crippen LogP contribution in [0.3, 0.4) is 0 Å². The fourth-order valence-corrected chi connectivity index (χ4v) is 3.61. The molecule has 98 valence electrons. The molecule has 1 atom stereocenters. The summed E-state index contributed by atoms with van der Waals surface area (Å²) in [5.74, 6) is 0.0834. The van der Waals surface area contributed by atoms with Crippen LogP contribution in [0.2, 0.25) is 0 Å². The van der Waals surface area contributed by atoms with E-state index >= 15 is 0 Å². The summed E-state index contributed by atoms with van der Waals surface area (Å²) in [6.07, 6.45) is 1.25. The lowest BCUT2D eigenvalue weighted by Crippen LogP contribution is -2.43. The van der Waals surface area contributed by atoms with Crippen molar-refractivity contribution in [3.8, 4) is 0 Å². The molecule has 1 aliphatic heterocycles. The van der Waals surface area contributed by atoms with Crippen molar-refractivity contribution in [3.05, 3.63) is 23.9 Å². The second-order valence-corrected chi connectivity index (χ2v) is 6.60. The maximum atomic E-state index is 11.9. The number of nitrogen functional groups attached to an aromatic ring is 1. The van der Waals surface area contributed by atoms with Gasteiger partial charge in [-0.2, -0.15) is 0 Å². The Morgan fingerprint density at radius 1 is 1.44 bits per heavy atom. The number of hydrogen-bond donors (Lipinski definition) is 2. The summed E-state index contributed by atoms with van der Waals surface area (Å²) >= 11 is 0. The lowest BCUT2D eigenvalue weighted by Gasteiger charge is -2.22. The third-order valence-corrected chi connectivity index (χ3v) is 4.62. The molecule has 0 aromatic carbocycles. The van der Waals surface area contributed by atoms with Gasteiger partial charge in [0, 0.05) is 6.04 Å². The number of carbonyl (C=O) groups is 1. The first-order valence-electron chi connectivity index (χ1n) is 5.70. The lowest BCUT2D eigenvalue weighted by molar-refractivity contribution is 0.0933. The van der Waals surface area contributed by atoms with Gasteiger partial charge in [0.2, 0.25) is 0 Å². The second-order valence-electron chi connectivity index (χ2n) is 4.37. The monoisotopic (exact) mass is 269 g/mol. The van der Waals surface area contributed by atoms with Crippen molar-refractivity contribution in [2.45, 2.75) is 18.9 Å². The predicted octanol–water partition coefficient (Wildman–Crippen LogP) is -0.0292. The van der Waals surface area contributed by atoms with E-state index < -0.39 is 9.84 Å². The minimum atomic E-state index is -3.03. The Labute approximate surface area is 106 Å². The topological polar surface area (TPSA) is 102 Å². The number of anilines is 1. The van der Waals surface area contributed by atoms with Gasteiger partial charge in [0.1, 0.15) is 11.5 Å². The highest BCUT2D eigenvalue weighted by molar-refractivity contribution is 7.91. The van der Waals surface area contributed by atoms with Crippen LogP contribution < -0.4 is 11.1 Å². The number of nitrogens with zero attached hydrogens (tertiary/aromatic N) is 1. The van der Waals surface area contributed by atoms with Crippen LogP contribution in [0, 0.1) is 0 Å². The van der Waals surface area contributed by atoms with E-state index in [1.54, 1.807) is 18.2 Å². The van der Waals surface area contributed by atoms with Gasteiger partial charge in [0.05, 0.1) is 11.5 Å². The predicted molar refractivity (Wildman–Crippen MR) is 67.8 cm³/mol. The molecule has 1 aromatic rings. The standard InChI is InChI=1S/C11H15N3O3S/c12-10-5-1-4-9(14-10)11(15)13-8-3-2-6-18(16,17)7-8/h1,4-5,8H,2-3,6-7H2,(H2,12,14)(H,13,15). The molecule has 2 heterocycles. The van der Waals surface area contributed by atoms with Gasteiger partial charge in [-0.25, -0.2) is 13.4 Å². The highest BCUT2D eigenvalue weighted by Gasteiger charge is 2.26. The molecule has 1 aliphatic rings. The summed E-state index contributed by atoms with van der Waals surface area (Å²) in [5.41, 5.74) is 5.69. The molecule has 18 heavy (non-hydrogen) atoms. The van der Waals surface area contributed by atoms with Gasteiger partial charge in [-0.15, -0.1) is 0 Å². The van der Waals surface area contributed by atoms with Gasteiger partial charge >= 0.3 is 0 Å². The van der Waals surface area contributed by atoms with Crippen molar-refractivity contribution in [1.82, 2.24) is 10.3 Å². The molecule has 0 bridgehead atoms. The third kappa shape index (κ3) is 3.19. The van der Waals surface area contributed by atoms with Gasteiger partial charge in [-0.05, 0) is 25.0 Å². The molecule has 1 amide bonds. The van der Waals surface area contributed by atoms with Gasteiger partial charge in [-0.1, -0.05) is 6.07 Å². The Bertz CT molecular complexity index is 556. The molecule has 3 N–H and O–H groups in total. The third-order valence-electron chi connectivity index (χ3n) is 2.80. The van der Waals surface area contributed by atoms with Crippen molar-refractivity contribution in [1.29, 1.82) is 0 Å². The van der Waals surface area contributed by atoms with E-state index in [1.807, 2.05) is 0 Å². The lowest BCUT2D eigenvalue weighted by atomic mass is 10.2. The van der Waals surface area contributed by atoms with Crippen molar-refractivity contribution in [2.75, 3.05) is 17.2 Å². The Balaban J connectivity index is 2.03. The molecule has 0 radical (unpaired) electrons. The zero-order valence-electron chi connectivity index (χ0n) is 9.80. The smallest absolute Gasteiger partial charge is 0.270 e. The summed E-state index contributed by atoms with van der Waals surface area (Å²) < 4.78 is 22.9. The van der Waals surface area contributed by atoms with Gasteiger partial charge in [0.15, 0.2) is 9.84 Å². The molecule has 2 rings (SSSR count). The number of carbonyl (C=O) groups excluding carboxylic acids is 1. The fourth-order valence-electron chi connectivity index (χ4n) is 1.97. The first-order chi connectivity index (χ1) is 8.46. The van der Waals surface area contributed by atoms with Gasteiger partial charge in [-0.3, -0.25) is 4.79 Å². The van der Waals surface area contributed by atoms with Crippen LogP contribution in [0.25, 0.3) is 0 Å². The van der Waals surface area contributed by atoms with Crippen LogP contribution >= 0.6 is 0 Å². The van der Waals surface area contributed by atoms with Crippen LogP contribution in [0.4, 0.5) is 5.82 Å². The average molecular weight is 269 g/mol. The minimum Gasteiger partial charge on any atom is -0.384 e. The molecule has 0 aliphatic carbocycles. The highest BCUT2D eigenvalue weighted by Crippen LogP contribution is 2.12. The molecule has 1 aromatic heterocycles. The molecular formula is C11H15N3O3S. The number of sulfone groups is 1. The summed E-state index contributed by atoms with van der Waals surface area (Å²) in [6, 6.07) is 4.43. The number of rotatable bonds is 2. The van der Waals surface area contributed by atoms with Crippen molar-refractivity contribution >= 4 is 21.6 Å². The highest BCUT2D eigenvalue weighted by atomic mass is 32.2. The zero-order chi connectivity index (χ0) is 13.2. The molecule has 1 unspecified atom stereocenters. The second kappa shape index (κ2) is 4.93. The maximum absolute atomic E-state index is 11.9. The van der Waals surface area contributed by atoms with E-state index in [9.17, 15) is 13.2 Å². The van der Waals surface area contributed by atoms with Crippen LogP contribution in [0.15, 0.2) is 18.2 Å². The summed E-state index contributed by atoms with van der Waals surface area (Å²) in [7, 11) is -3.03. The zero-order valence-corrected chi connectivity index (χ0v) is 10.6. The number of hydrogen-bond acceptors (Lipinski definition) is 5. The molecule has 0 saturated carbocycles. The fraction of sp³-hybridized carbons (Fsp3) is 0.455. The average Bonchev–Trinajstić information content (AvgIpc) is 2.27. The Morgan fingerprint density at radius 3 is 2.89 bits per heavy atom. The van der Waals surface area contributed by atoms with E-state index in [-0.39, 0.29) is 35.0 Å². The number of amides is 1. The number of aromatic nitrogens is 1. The molecule has 0 spiro atoms. The van der Waals surface area contributed by atoms with Gasteiger partial charge in [0.25, 0.3) is 5.91 Å². The van der Waals surface area contributed by atoms with Crippen LogP contribution in [0.1, 0.15) is 23.3 Å². The van der Waals surface area contributed by atoms with E-state index in [2.05, 4.69) is 10.3 Å². The summed E-state index contributed by atoms with van der Waals surface area (Å²) in [6.45, 7) is 0.